The molecule has 0 aliphatic carbocycles. The van der Waals surface area contributed by atoms with E-state index in [0.717, 1.165) is 12.8 Å². The summed E-state index contributed by atoms with van der Waals surface area (Å²) in [5.41, 5.74) is 2.48. The van der Waals surface area contributed by atoms with Crippen LogP contribution in [0.3, 0.4) is 0 Å². The Morgan fingerprint density at radius 1 is 0.824 bits per heavy atom. The van der Waals surface area contributed by atoms with Gasteiger partial charge in [0, 0.05) is 0 Å². The van der Waals surface area contributed by atoms with Crippen molar-refractivity contribution in [2.75, 3.05) is 13.2 Å². The molecule has 0 N–H and O–H groups in total. The summed E-state index contributed by atoms with van der Waals surface area (Å²) in [6.07, 6.45) is 14.9. The molecule has 0 spiro atoms. The molecule has 96 valence electrons. The molecular formula is C16H26O. The van der Waals surface area contributed by atoms with Crippen LogP contribution in [-0.4, -0.2) is 13.2 Å². The lowest BCUT2D eigenvalue weighted by Crippen LogP contribution is -2.00. The second kappa shape index (κ2) is 11.4. The summed E-state index contributed by atoms with van der Waals surface area (Å²) in [5.74, 6) is 0. The first kappa shape index (κ1) is 15.9. The van der Waals surface area contributed by atoms with Gasteiger partial charge in [-0.25, -0.2) is 0 Å². The van der Waals surface area contributed by atoms with Gasteiger partial charge in [-0.15, -0.1) is 0 Å². The van der Waals surface area contributed by atoms with Crippen LogP contribution in [0.15, 0.2) is 47.6 Å². The number of hydrogen-bond acceptors (Lipinski definition) is 1. The first-order valence-corrected chi connectivity index (χ1v) is 6.49. The topological polar surface area (TPSA) is 9.23 Å². The van der Waals surface area contributed by atoms with E-state index in [2.05, 4.69) is 50.3 Å². The SMILES string of the molecule is CC=C(C=CCC)COCC(C=CCC)=CC. The van der Waals surface area contributed by atoms with Crippen molar-refractivity contribution in [3.63, 3.8) is 0 Å². The molecule has 0 fully saturated rings. The van der Waals surface area contributed by atoms with Crippen LogP contribution in [0.2, 0.25) is 0 Å². The fourth-order valence-corrected chi connectivity index (χ4v) is 1.28. The molecule has 0 aliphatic rings. The molecule has 0 saturated carbocycles. The summed E-state index contributed by atoms with van der Waals surface area (Å²) < 4.78 is 5.69. The number of hydrogen-bond donors (Lipinski definition) is 0. The van der Waals surface area contributed by atoms with Crippen LogP contribution in [0.5, 0.6) is 0 Å². The van der Waals surface area contributed by atoms with Gasteiger partial charge >= 0.3 is 0 Å². The Hall–Kier alpha value is -1.08. The van der Waals surface area contributed by atoms with E-state index in [0.29, 0.717) is 13.2 Å². The van der Waals surface area contributed by atoms with Crippen LogP contribution in [0.25, 0.3) is 0 Å². The molecular weight excluding hydrogens is 208 g/mol. The van der Waals surface area contributed by atoms with Crippen molar-refractivity contribution in [1.82, 2.24) is 0 Å². The smallest absolute Gasteiger partial charge is 0.0718 e. The molecule has 0 amide bonds. The molecule has 0 aromatic heterocycles. The molecule has 0 aromatic carbocycles. The standard InChI is InChI=1S/C16H26O/c1-5-9-11-15(7-3)13-17-14-16(8-4)12-10-6-2/h7-12H,5-6,13-14H2,1-4H3. The van der Waals surface area contributed by atoms with Crippen LogP contribution in [0, 0.1) is 0 Å². The van der Waals surface area contributed by atoms with E-state index < -0.39 is 0 Å². The van der Waals surface area contributed by atoms with Gasteiger partial charge < -0.3 is 4.74 Å². The Bertz CT molecular complexity index is 263. The molecule has 0 saturated heterocycles. The lowest BCUT2D eigenvalue weighted by atomic mass is 10.2. The molecule has 0 aromatic rings. The molecule has 0 atom stereocenters. The molecule has 0 heterocycles. The van der Waals surface area contributed by atoms with E-state index in [-0.39, 0.29) is 0 Å². The highest BCUT2D eigenvalue weighted by molar-refractivity contribution is 5.20. The molecule has 0 rings (SSSR count). The Morgan fingerprint density at radius 2 is 1.24 bits per heavy atom. The fourth-order valence-electron chi connectivity index (χ4n) is 1.28. The van der Waals surface area contributed by atoms with Gasteiger partial charge in [-0.2, -0.15) is 0 Å². The highest BCUT2D eigenvalue weighted by atomic mass is 16.5. The summed E-state index contributed by atoms with van der Waals surface area (Å²) in [4.78, 5) is 0. The third kappa shape index (κ3) is 8.70. The van der Waals surface area contributed by atoms with Crippen LogP contribution in [0.1, 0.15) is 40.5 Å². The monoisotopic (exact) mass is 234 g/mol. The normalized spacial score (nSPS) is 14.1. The number of rotatable bonds is 8. The average molecular weight is 234 g/mol. The van der Waals surface area contributed by atoms with Crippen LogP contribution in [0.4, 0.5) is 0 Å². The first-order valence-electron chi connectivity index (χ1n) is 6.49. The van der Waals surface area contributed by atoms with Crippen molar-refractivity contribution in [3.05, 3.63) is 47.6 Å². The van der Waals surface area contributed by atoms with Crippen molar-refractivity contribution in [2.24, 2.45) is 0 Å². The van der Waals surface area contributed by atoms with Gasteiger partial charge in [-0.1, -0.05) is 50.3 Å². The second-order valence-corrected chi connectivity index (χ2v) is 3.84. The van der Waals surface area contributed by atoms with E-state index in [4.69, 9.17) is 4.74 Å². The third-order valence-electron chi connectivity index (χ3n) is 2.41. The zero-order chi connectivity index (χ0) is 12.9. The minimum atomic E-state index is 0.685. The van der Waals surface area contributed by atoms with Gasteiger partial charge in [-0.3, -0.25) is 0 Å². The molecule has 1 nitrogen and oxygen atoms in total. The van der Waals surface area contributed by atoms with Gasteiger partial charge in [0.2, 0.25) is 0 Å². The van der Waals surface area contributed by atoms with E-state index >= 15 is 0 Å². The zero-order valence-corrected chi connectivity index (χ0v) is 11.7. The van der Waals surface area contributed by atoms with Gasteiger partial charge in [0.15, 0.2) is 0 Å². The lowest BCUT2D eigenvalue weighted by molar-refractivity contribution is 0.184. The van der Waals surface area contributed by atoms with Crippen molar-refractivity contribution in [1.29, 1.82) is 0 Å². The van der Waals surface area contributed by atoms with Gasteiger partial charge in [0.05, 0.1) is 13.2 Å². The minimum absolute atomic E-state index is 0.685. The van der Waals surface area contributed by atoms with E-state index in [1.54, 1.807) is 0 Å². The van der Waals surface area contributed by atoms with E-state index in [1.165, 1.54) is 11.1 Å². The van der Waals surface area contributed by atoms with Crippen LogP contribution >= 0.6 is 0 Å². The van der Waals surface area contributed by atoms with E-state index in [1.807, 2.05) is 13.8 Å². The molecule has 0 bridgehead atoms. The predicted molar refractivity (Wildman–Crippen MR) is 77.2 cm³/mol. The van der Waals surface area contributed by atoms with Crippen molar-refractivity contribution in [2.45, 2.75) is 40.5 Å². The summed E-state index contributed by atoms with van der Waals surface area (Å²) >= 11 is 0. The van der Waals surface area contributed by atoms with Gasteiger partial charge in [0.1, 0.15) is 0 Å². The van der Waals surface area contributed by atoms with Gasteiger partial charge in [0.25, 0.3) is 0 Å². The maximum atomic E-state index is 5.69. The molecule has 0 unspecified atom stereocenters. The maximum Gasteiger partial charge on any atom is 0.0718 e. The van der Waals surface area contributed by atoms with Crippen molar-refractivity contribution >= 4 is 0 Å². The molecule has 0 radical (unpaired) electrons. The predicted octanol–water partition coefficient (Wildman–Crippen LogP) is 4.83. The highest BCUT2D eigenvalue weighted by Gasteiger charge is 1.94. The highest BCUT2D eigenvalue weighted by Crippen LogP contribution is 2.03. The summed E-state index contributed by atoms with van der Waals surface area (Å²) in [7, 11) is 0. The largest absolute Gasteiger partial charge is 0.372 e. The summed E-state index contributed by atoms with van der Waals surface area (Å²) in [5, 5.41) is 0. The Morgan fingerprint density at radius 3 is 1.53 bits per heavy atom. The summed E-state index contributed by atoms with van der Waals surface area (Å²) in [6.45, 7) is 9.74. The van der Waals surface area contributed by atoms with Crippen molar-refractivity contribution < 1.29 is 4.74 Å². The van der Waals surface area contributed by atoms with Crippen molar-refractivity contribution in [3.8, 4) is 0 Å². The zero-order valence-electron chi connectivity index (χ0n) is 11.7. The Kier molecular flexibility index (Phi) is 10.7. The molecule has 0 aliphatic heterocycles. The lowest BCUT2D eigenvalue weighted by Gasteiger charge is -2.05. The van der Waals surface area contributed by atoms with Crippen LogP contribution < -0.4 is 0 Å². The van der Waals surface area contributed by atoms with E-state index in [9.17, 15) is 0 Å². The Labute approximate surface area is 107 Å². The second-order valence-electron chi connectivity index (χ2n) is 3.84. The third-order valence-corrected chi connectivity index (χ3v) is 2.41. The average Bonchev–Trinajstić information content (AvgIpc) is 2.37. The minimum Gasteiger partial charge on any atom is -0.372 e. The number of ether oxygens (including phenoxy) is 1. The fraction of sp³-hybridized carbons (Fsp3) is 0.500. The molecule has 17 heavy (non-hydrogen) atoms. The first-order chi connectivity index (χ1) is 8.28. The molecule has 1 heteroatoms. The quantitative estimate of drug-likeness (QED) is 0.547. The van der Waals surface area contributed by atoms with Crippen LogP contribution in [-0.2, 0) is 4.74 Å². The maximum absolute atomic E-state index is 5.69. The number of allylic oxidation sites excluding steroid dienone is 4. The Balaban J connectivity index is 4.04. The summed E-state index contributed by atoms with van der Waals surface area (Å²) in [6, 6.07) is 0. The van der Waals surface area contributed by atoms with Gasteiger partial charge in [-0.05, 0) is 37.8 Å².